The molecule has 0 aliphatic carbocycles. The number of carbonyl (C=O) groups is 1. The van der Waals surface area contributed by atoms with Gasteiger partial charge in [-0.25, -0.2) is 0 Å². The second kappa shape index (κ2) is 8.78. The molecule has 0 radical (unpaired) electrons. The smallest absolute Gasteiger partial charge is 0.326 e. The first-order chi connectivity index (χ1) is 12.8. The fourth-order valence-electron chi connectivity index (χ4n) is 3.24. The Bertz CT molecular complexity index is 1010. The van der Waals surface area contributed by atoms with Crippen molar-refractivity contribution in [3.05, 3.63) is 65.3 Å². The number of aromatic nitrogens is 2. The van der Waals surface area contributed by atoms with Crippen LogP contribution in [-0.4, -0.2) is 21.7 Å². The van der Waals surface area contributed by atoms with Crippen molar-refractivity contribution in [2.24, 2.45) is 0 Å². The largest absolute Gasteiger partial charge is 0.465 e. The minimum Gasteiger partial charge on any atom is -0.465 e. The molecule has 5 nitrogen and oxygen atoms in total. The van der Waals surface area contributed by atoms with Crippen LogP contribution in [0.3, 0.4) is 0 Å². The summed E-state index contributed by atoms with van der Waals surface area (Å²) < 4.78 is 8.71. The minimum absolute atomic E-state index is 0. The van der Waals surface area contributed by atoms with Crippen LogP contribution >= 0.6 is 17.0 Å². The Hall–Kier alpha value is -2.34. The third-order valence-electron chi connectivity index (χ3n) is 4.73. The number of hydrogen-bond donors (Lipinski definition) is 1. The third-order valence-corrected chi connectivity index (χ3v) is 4.73. The summed E-state index contributed by atoms with van der Waals surface area (Å²) in [4.78, 5) is 12.0. The monoisotopic (exact) mass is 445 g/mol. The number of carbonyl (C=O) groups excluding carboxylic acids is 1. The lowest BCUT2D eigenvalue weighted by Crippen LogP contribution is -2.28. The van der Waals surface area contributed by atoms with Crippen LogP contribution in [0, 0.1) is 5.41 Å². The van der Waals surface area contributed by atoms with Crippen LogP contribution in [0.4, 0.5) is 0 Å². The standard InChI is InChI=1S/C22H27N3O2.BrH/c1-5-27-20(26)15-25-19-9-7-6-8-18(19)24(21(25)23)14-16-10-12-17(13-11-16)22(2,3)4;/h6-13,23H,5,14-15H2,1-4H3;1H. The highest BCUT2D eigenvalue weighted by atomic mass is 79.9. The Morgan fingerprint density at radius 3 is 2.11 bits per heavy atom. The number of halogens is 1. The highest BCUT2D eigenvalue weighted by molar-refractivity contribution is 8.93. The average Bonchev–Trinajstić information content (AvgIpc) is 2.88. The molecule has 1 N–H and O–H groups in total. The number of nitrogens with one attached hydrogen (secondary N) is 1. The zero-order chi connectivity index (χ0) is 19.6. The molecule has 150 valence electrons. The number of nitrogens with zero attached hydrogens (tertiary/aromatic N) is 2. The van der Waals surface area contributed by atoms with Crippen LogP contribution in [0.2, 0.25) is 0 Å². The number of fused-ring (bicyclic) bond motifs is 1. The van der Waals surface area contributed by atoms with E-state index in [4.69, 9.17) is 10.1 Å². The van der Waals surface area contributed by atoms with E-state index in [1.54, 1.807) is 11.5 Å². The Morgan fingerprint density at radius 2 is 1.57 bits per heavy atom. The van der Waals surface area contributed by atoms with Crippen LogP contribution in [-0.2, 0) is 28.0 Å². The van der Waals surface area contributed by atoms with Crippen LogP contribution in [0.25, 0.3) is 11.0 Å². The zero-order valence-electron chi connectivity index (χ0n) is 16.9. The maximum Gasteiger partial charge on any atom is 0.326 e. The Balaban J connectivity index is 0.00000280. The molecule has 0 aliphatic heterocycles. The number of imidazole rings is 1. The molecule has 2 aromatic carbocycles. The van der Waals surface area contributed by atoms with Gasteiger partial charge >= 0.3 is 5.97 Å². The number of para-hydroxylation sites is 2. The molecular formula is C22H28BrN3O2. The summed E-state index contributed by atoms with van der Waals surface area (Å²) in [6.45, 7) is 9.34. The Labute approximate surface area is 176 Å². The van der Waals surface area contributed by atoms with Gasteiger partial charge < -0.3 is 9.30 Å². The third kappa shape index (κ3) is 4.55. The molecule has 0 amide bonds. The van der Waals surface area contributed by atoms with Crippen molar-refractivity contribution in [2.45, 2.75) is 46.2 Å². The molecule has 0 atom stereocenters. The van der Waals surface area contributed by atoms with Crippen molar-refractivity contribution < 1.29 is 9.53 Å². The summed E-state index contributed by atoms with van der Waals surface area (Å²) in [6.07, 6.45) is 0. The lowest BCUT2D eigenvalue weighted by molar-refractivity contribution is -0.143. The Morgan fingerprint density at radius 1 is 1.00 bits per heavy atom. The van der Waals surface area contributed by atoms with Crippen LogP contribution in [0.15, 0.2) is 48.5 Å². The fraction of sp³-hybridized carbons (Fsp3) is 0.364. The van der Waals surface area contributed by atoms with Gasteiger partial charge in [0.05, 0.1) is 24.2 Å². The minimum atomic E-state index is -0.326. The van der Waals surface area contributed by atoms with E-state index in [0.29, 0.717) is 18.8 Å². The number of esters is 1. The van der Waals surface area contributed by atoms with Gasteiger partial charge in [0.2, 0.25) is 5.62 Å². The van der Waals surface area contributed by atoms with Gasteiger partial charge in [0.15, 0.2) is 0 Å². The molecule has 28 heavy (non-hydrogen) atoms. The van der Waals surface area contributed by atoms with E-state index in [-0.39, 0.29) is 34.9 Å². The maximum absolute atomic E-state index is 12.0. The van der Waals surface area contributed by atoms with Gasteiger partial charge in [-0.3, -0.25) is 14.8 Å². The van der Waals surface area contributed by atoms with E-state index >= 15 is 0 Å². The average molecular weight is 446 g/mol. The first-order valence-corrected chi connectivity index (χ1v) is 9.29. The maximum atomic E-state index is 12.0. The summed E-state index contributed by atoms with van der Waals surface area (Å²) >= 11 is 0. The second-order valence-corrected chi connectivity index (χ2v) is 7.74. The number of benzene rings is 2. The number of hydrogen-bond acceptors (Lipinski definition) is 3. The first kappa shape index (κ1) is 22.0. The van der Waals surface area contributed by atoms with Gasteiger partial charge in [-0.1, -0.05) is 57.2 Å². The van der Waals surface area contributed by atoms with Crippen molar-refractivity contribution in [1.82, 2.24) is 9.13 Å². The molecule has 0 unspecified atom stereocenters. The topological polar surface area (TPSA) is 60.0 Å². The summed E-state index contributed by atoms with van der Waals surface area (Å²) in [5.74, 6) is -0.326. The predicted molar refractivity (Wildman–Crippen MR) is 117 cm³/mol. The molecular weight excluding hydrogens is 418 g/mol. The summed E-state index contributed by atoms with van der Waals surface area (Å²) in [6, 6.07) is 16.3. The molecule has 1 aromatic heterocycles. The molecule has 3 rings (SSSR count). The molecule has 3 aromatic rings. The van der Waals surface area contributed by atoms with E-state index in [2.05, 4.69) is 45.0 Å². The van der Waals surface area contributed by atoms with Gasteiger partial charge in [-0.2, -0.15) is 0 Å². The lowest BCUT2D eigenvalue weighted by Gasteiger charge is -2.19. The van der Waals surface area contributed by atoms with E-state index in [0.717, 1.165) is 16.6 Å². The van der Waals surface area contributed by atoms with Crippen LogP contribution < -0.4 is 5.62 Å². The van der Waals surface area contributed by atoms with E-state index < -0.39 is 0 Å². The van der Waals surface area contributed by atoms with E-state index in [1.165, 1.54) is 5.56 Å². The number of rotatable bonds is 5. The quantitative estimate of drug-likeness (QED) is 0.591. The Kier molecular flexibility index (Phi) is 6.88. The number of ether oxygens (including phenoxy) is 1. The highest BCUT2D eigenvalue weighted by Gasteiger charge is 2.15. The summed E-state index contributed by atoms with van der Waals surface area (Å²) in [5, 5.41) is 8.61. The molecule has 0 bridgehead atoms. The zero-order valence-corrected chi connectivity index (χ0v) is 18.6. The van der Waals surface area contributed by atoms with E-state index in [9.17, 15) is 4.79 Å². The molecule has 0 fully saturated rings. The van der Waals surface area contributed by atoms with Gasteiger partial charge in [0.1, 0.15) is 6.54 Å². The summed E-state index contributed by atoms with van der Waals surface area (Å²) in [5.41, 5.74) is 4.62. The van der Waals surface area contributed by atoms with Gasteiger partial charge in [-0.15, -0.1) is 17.0 Å². The molecule has 0 aliphatic rings. The van der Waals surface area contributed by atoms with Gasteiger partial charge in [-0.05, 0) is 35.6 Å². The van der Waals surface area contributed by atoms with Crippen molar-refractivity contribution in [2.75, 3.05) is 6.61 Å². The molecule has 6 heteroatoms. The molecule has 0 saturated carbocycles. The fourth-order valence-corrected chi connectivity index (χ4v) is 3.24. The van der Waals surface area contributed by atoms with Crippen molar-refractivity contribution in [3.8, 4) is 0 Å². The molecule has 0 saturated heterocycles. The lowest BCUT2D eigenvalue weighted by atomic mass is 9.87. The van der Waals surface area contributed by atoms with Crippen LogP contribution in [0.1, 0.15) is 38.8 Å². The van der Waals surface area contributed by atoms with Gasteiger partial charge in [0.25, 0.3) is 0 Å². The second-order valence-electron chi connectivity index (χ2n) is 7.74. The van der Waals surface area contributed by atoms with Crippen molar-refractivity contribution in [1.29, 1.82) is 5.41 Å². The van der Waals surface area contributed by atoms with Crippen LogP contribution in [0.5, 0.6) is 0 Å². The predicted octanol–water partition coefficient (Wildman–Crippen LogP) is 4.41. The molecule has 0 spiro atoms. The normalized spacial score (nSPS) is 11.3. The summed E-state index contributed by atoms with van der Waals surface area (Å²) in [7, 11) is 0. The van der Waals surface area contributed by atoms with Crippen molar-refractivity contribution in [3.63, 3.8) is 0 Å². The van der Waals surface area contributed by atoms with Gasteiger partial charge in [0, 0.05) is 0 Å². The SMILES string of the molecule is Br.CCOC(=O)Cn1c(=N)n(Cc2ccc(C(C)(C)C)cc2)c2ccccc21. The molecule has 1 heterocycles. The van der Waals surface area contributed by atoms with E-state index in [1.807, 2.05) is 28.8 Å². The first-order valence-electron chi connectivity index (χ1n) is 9.29. The van der Waals surface area contributed by atoms with Crippen molar-refractivity contribution >= 4 is 34.0 Å². The highest BCUT2D eigenvalue weighted by Crippen LogP contribution is 2.23.